The Balaban J connectivity index is 1.89. The van der Waals surface area contributed by atoms with E-state index < -0.39 is 11.7 Å². The number of rotatable bonds is 3. The SMILES string of the molecule is COc1ccc2nc(-c3cccnc3-c3cc(C(F)(F)F)ccc3Cl)sc2c1. The molecule has 0 fully saturated rings. The summed E-state index contributed by atoms with van der Waals surface area (Å²) in [5.74, 6) is 0.704. The zero-order valence-corrected chi connectivity index (χ0v) is 16.0. The Morgan fingerprint density at radius 3 is 2.61 bits per heavy atom. The van der Waals surface area contributed by atoms with Crippen molar-refractivity contribution in [2.45, 2.75) is 6.18 Å². The van der Waals surface area contributed by atoms with Gasteiger partial charge in [-0.2, -0.15) is 13.2 Å². The van der Waals surface area contributed by atoms with Crippen LogP contribution in [0.2, 0.25) is 5.02 Å². The Bertz CT molecular complexity index is 1170. The maximum absolute atomic E-state index is 13.2. The number of hydrogen-bond donors (Lipinski definition) is 0. The summed E-state index contributed by atoms with van der Waals surface area (Å²) >= 11 is 7.63. The standard InChI is InChI=1S/C20H12ClF3N2OS/c1-27-12-5-7-16-17(10-12)28-19(26-16)13-3-2-8-25-18(13)14-9-11(20(22,23)24)4-6-15(14)21/h2-10H,1H3. The molecule has 4 aromatic rings. The number of aromatic nitrogens is 2. The van der Waals surface area contributed by atoms with Crippen molar-refractivity contribution in [2.24, 2.45) is 0 Å². The molecule has 0 amide bonds. The van der Waals surface area contributed by atoms with Crippen LogP contribution in [0, 0.1) is 0 Å². The van der Waals surface area contributed by atoms with Crippen LogP contribution < -0.4 is 4.74 Å². The first-order valence-corrected chi connectivity index (χ1v) is 9.33. The fraction of sp³-hybridized carbons (Fsp3) is 0.100. The first-order valence-electron chi connectivity index (χ1n) is 8.14. The maximum atomic E-state index is 13.2. The first-order chi connectivity index (χ1) is 13.4. The number of alkyl halides is 3. The highest BCUT2D eigenvalue weighted by atomic mass is 35.5. The molecule has 0 atom stereocenters. The van der Waals surface area contributed by atoms with Gasteiger partial charge >= 0.3 is 6.18 Å². The summed E-state index contributed by atoms with van der Waals surface area (Å²) in [7, 11) is 1.58. The Labute approximate surface area is 167 Å². The Morgan fingerprint density at radius 1 is 1.04 bits per heavy atom. The zero-order valence-electron chi connectivity index (χ0n) is 14.4. The molecule has 2 aromatic heterocycles. The van der Waals surface area contributed by atoms with E-state index in [1.54, 1.807) is 25.3 Å². The van der Waals surface area contributed by atoms with E-state index in [2.05, 4.69) is 9.97 Å². The molecule has 0 spiro atoms. The van der Waals surface area contributed by atoms with Gasteiger partial charge in [0.1, 0.15) is 10.8 Å². The van der Waals surface area contributed by atoms with Gasteiger partial charge in [0.2, 0.25) is 0 Å². The molecule has 0 N–H and O–H groups in total. The number of thiazole rings is 1. The molecule has 0 saturated carbocycles. The van der Waals surface area contributed by atoms with Gasteiger partial charge in [0, 0.05) is 17.3 Å². The van der Waals surface area contributed by atoms with Crippen LogP contribution in [0.5, 0.6) is 5.75 Å². The number of methoxy groups -OCH3 is 1. The van der Waals surface area contributed by atoms with Crippen molar-refractivity contribution >= 4 is 33.2 Å². The van der Waals surface area contributed by atoms with Crippen molar-refractivity contribution in [3.63, 3.8) is 0 Å². The molecule has 0 radical (unpaired) electrons. The average Bonchev–Trinajstić information content (AvgIpc) is 3.10. The number of pyridine rings is 1. The fourth-order valence-electron chi connectivity index (χ4n) is 2.82. The van der Waals surface area contributed by atoms with Gasteiger partial charge in [-0.1, -0.05) is 11.6 Å². The molecule has 0 unspecified atom stereocenters. The van der Waals surface area contributed by atoms with Crippen molar-refractivity contribution in [3.05, 3.63) is 65.3 Å². The molecule has 0 saturated heterocycles. The van der Waals surface area contributed by atoms with E-state index >= 15 is 0 Å². The van der Waals surface area contributed by atoms with Gasteiger partial charge in [-0.25, -0.2) is 4.98 Å². The summed E-state index contributed by atoms with van der Waals surface area (Å²) in [6.07, 6.45) is -2.95. The van der Waals surface area contributed by atoms with Gasteiger partial charge in [0.05, 0.1) is 33.6 Å². The Kier molecular flexibility index (Phi) is 4.72. The third kappa shape index (κ3) is 3.43. The maximum Gasteiger partial charge on any atom is 0.416 e. The normalized spacial score (nSPS) is 11.8. The van der Waals surface area contributed by atoms with Gasteiger partial charge in [-0.3, -0.25) is 4.98 Å². The Morgan fingerprint density at radius 2 is 1.86 bits per heavy atom. The Hall–Kier alpha value is -2.64. The van der Waals surface area contributed by atoms with Crippen LogP contribution in [0.3, 0.4) is 0 Å². The molecule has 0 aliphatic carbocycles. The van der Waals surface area contributed by atoms with Crippen LogP contribution >= 0.6 is 22.9 Å². The summed E-state index contributed by atoms with van der Waals surface area (Å²) in [6, 6.07) is 12.2. The predicted molar refractivity (Wildman–Crippen MR) is 105 cm³/mol. The van der Waals surface area contributed by atoms with E-state index in [4.69, 9.17) is 16.3 Å². The highest BCUT2D eigenvalue weighted by Gasteiger charge is 2.31. The number of hydrogen-bond acceptors (Lipinski definition) is 4. The van der Waals surface area contributed by atoms with E-state index in [1.165, 1.54) is 23.6 Å². The summed E-state index contributed by atoms with van der Waals surface area (Å²) in [4.78, 5) is 8.91. The lowest BCUT2D eigenvalue weighted by molar-refractivity contribution is -0.137. The molecular weight excluding hydrogens is 409 g/mol. The van der Waals surface area contributed by atoms with Crippen LogP contribution in [0.1, 0.15) is 5.56 Å². The van der Waals surface area contributed by atoms with Crippen molar-refractivity contribution in [2.75, 3.05) is 7.11 Å². The van der Waals surface area contributed by atoms with Crippen LogP contribution in [0.15, 0.2) is 54.7 Å². The molecule has 0 aliphatic rings. The molecule has 0 aliphatic heterocycles. The minimum absolute atomic E-state index is 0.190. The van der Waals surface area contributed by atoms with Gasteiger partial charge in [-0.15, -0.1) is 11.3 Å². The average molecular weight is 421 g/mol. The molecule has 2 aromatic carbocycles. The summed E-state index contributed by atoms with van der Waals surface area (Å²) in [5, 5.41) is 0.829. The first kappa shape index (κ1) is 18.7. The summed E-state index contributed by atoms with van der Waals surface area (Å²) in [5.41, 5.74) is 1.17. The lowest BCUT2D eigenvalue weighted by Gasteiger charge is -2.12. The third-order valence-corrected chi connectivity index (χ3v) is 5.56. The monoisotopic (exact) mass is 420 g/mol. The molecule has 142 valence electrons. The van der Waals surface area contributed by atoms with E-state index in [0.717, 1.165) is 22.3 Å². The van der Waals surface area contributed by atoms with Crippen molar-refractivity contribution in [1.29, 1.82) is 0 Å². The zero-order chi connectivity index (χ0) is 19.9. The highest BCUT2D eigenvalue weighted by Crippen LogP contribution is 2.40. The van der Waals surface area contributed by atoms with Crippen LogP contribution in [0.4, 0.5) is 13.2 Å². The second-order valence-corrected chi connectivity index (χ2v) is 7.38. The van der Waals surface area contributed by atoms with Crippen molar-refractivity contribution in [3.8, 4) is 27.6 Å². The molecule has 3 nitrogen and oxygen atoms in total. The number of ether oxygens (including phenoxy) is 1. The van der Waals surface area contributed by atoms with Crippen LogP contribution in [-0.4, -0.2) is 17.1 Å². The van der Waals surface area contributed by atoms with E-state index in [1.807, 2.05) is 12.1 Å². The smallest absolute Gasteiger partial charge is 0.416 e. The topological polar surface area (TPSA) is 35.0 Å². The molecular formula is C20H12ClF3N2OS. The second-order valence-electron chi connectivity index (χ2n) is 5.94. The van der Waals surface area contributed by atoms with Crippen molar-refractivity contribution in [1.82, 2.24) is 9.97 Å². The lowest BCUT2D eigenvalue weighted by Crippen LogP contribution is -2.05. The number of benzene rings is 2. The molecule has 8 heteroatoms. The van der Waals surface area contributed by atoms with E-state index in [0.29, 0.717) is 22.0 Å². The fourth-order valence-corrected chi connectivity index (χ4v) is 4.05. The summed E-state index contributed by atoms with van der Waals surface area (Å²) < 4.78 is 45.6. The van der Waals surface area contributed by atoms with Crippen molar-refractivity contribution < 1.29 is 17.9 Å². The number of nitrogens with zero attached hydrogens (tertiary/aromatic N) is 2. The lowest BCUT2D eigenvalue weighted by atomic mass is 10.0. The predicted octanol–water partition coefficient (Wildman–Crippen LogP) is 6.71. The second kappa shape index (κ2) is 7.07. The van der Waals surface area contributed by atoms with Crippen LogP contribution in [-0.2, 0) is 6.18 Å². The molecule has 2 heterocycles. The molecule has 28 heavy (non-hydrogen) atoms. The highest BCUT2D eigenvalue weighted by molar-refractivity contribution is 7.21. The minimum atomic E-state index is -4.47. The van der Waals surface area contributed by atoms with E-state index in [-0.39, 0.29) is 10.6 Å². The van der Waals surface area contributed by atoms with Gasteiger partial charge < -0.3 is 4.74 Å². The van der Waals surface area contributed by atoms with Gasteiger partial charge in [0.25, 0.3) is 0 Å². The molecule has 0 bridgehead atoms. The number of fused-ring (bicyclic) bond motifs is 1. The van der Waals surface area contributed by atoms with Gasteiger partial charge in [0.15, 0.2) is 0 Å². The van der Waals surface area contributed by atoms with E-state index in [9.17, 15) is 13.2 Å². The van der Waals surface area contributed by atoms with Crippen LogP contribution in [0.25, 0.3) is 32.0 Å². The minimum Gasteiger partial charge on any atom is -0.497 e. The quantitative estimate of drug-likeness (QED) is 0.369. The number of halogens is 4. The summed E-state index contributed by atoms with van der Waals surface area (Å²) in [6.45, 7) is 0. The molecule has 4 rings (SSSR count). The third-order valence-electron chi connectivity index (χ3n) is 4.18. The largest absolute Gasteiger partial charge is 0.497 e. The van der Waals surface area contributed by atoms with Gasteiger partial charge in [-0.05, 0) is 48.5 Å².